The third-order valence-electron chi connectivity index (χ3n) is 3.51. The van der Waals surface area contributed by atoms with E-state index in [2.05, 4.69) is 10.3 Å². The fraction of sp³-hybridized carbons (Fsp3) is 0.375. The summed E-state index contributed by atoms with van der Waals surface area (Å²) in [6.45, 7) is 3.11. The first-order valence-corrected chi connectivity index (χ1v) is 8.47. The standard InChI is InChI=1S/C16H19N3O3S.ClH/c1-2-3-11(17)15(20)19-16-18-12(9-23-16)10-4-5-13-14(8-10)22-7-6-21-13;/h4-5,8-9,11H,2-3,6-7,17H2,1H3,(H,18,19,20);1H. The summed E-state index contributed by atoms with van der Waals surface area (Å²) in [4.78, 5) is 16.4. The number of carbonyl (C=O) groups excluding carboxylic acids is 1. The molecule has 0 saturated carbocycles. The largest absolute Gasteiger partial charge is 0.486 e. The van der Waals surface area contributed by atoms with Crippen LogP contribution in [0, 0.1) is 0 Å². The molecule has 0 aliphatic carbocycles. The van der Waals surface area contributed by atoms with E-state index in [1.807, 2.05) is 30.5 Å². The van der Waals surface area contributed by atoms with Crippen LogP contribution in [-0.2, 0) is 4.79 Å². The molecular formula is C16H20ClN3O3S. The van der Waals surface area contributed by atoms with Crippen LogP contribution in [0.5, 0.6) is 11.5 Å². The van der Waals surface area contributed by atoms with Crippen LogP contribution in [0.4, 0.5) is 5.13 Å². The molecule has 3 rings (SSSR count). The number of nitrogens with zero attached hydrogens (tertiary/aromatic N) is 1. The Kier molecular flexibility index (Phi) is 6.42. The minimum atomic E-state index is -0.498. The Bertz CT molecular complexity index is 708. The van der Waals surface area contributed by atoms with Gasteiger partial charge in [-0.3, -0.25) is 4.79 Å². The average molecular weight is 370 g/mol. The molecule has 8 heteroatoms. The molecule has 24 heavy (non-hydrogen) atoms. The highest BCUT2D eigenvalue weighted by Gasteiger charge is 2.16. The number of amides is 1. The zero-order valence-corrected chi connectivity index (χ0v) is 14.9. The van der Waals surface area contributed by atoms with Crippen molar-refractivity contribution in [1.82, 2.24) is 4.98 Å². The molecule has 1 aromatic carbocycles. The van der Waals surface area contributed by atoms with E-state index in [0.29, 0.717) is 24.8 Å². The number of nitrogens with one attached hydrogen (secondary N) is 1. The molecule has 2 aromatic rings. The highest BCUT2D eigenvalue weighted by molar-refractivity contribution is 7.14. The smallest absolute Gasteiger partial charge is 0.243 e. The normalized spacial score (nSPS) is 13.8. The molecule has 1 atom stereocenters. The molecule has 1 aromatic heterocycles. The van der Waals surface area contributed by atoms with Gasteiger partial charge < -0.3 is 20.5 Å². The number of hydrogen-bond acceptors (Lipinski definition) is 6. The maximum atomic E-state index is 11.9. The Morgan fingerprint density at radius 3 is 2.88 bits per heavy atom. The molecule has 0 saturated heterocycles. The van der Waals surface area contributed by atoms with Gasteiger partial charge in [0, 0.05) is 10.9 Å². The van der Waals surface area contributed by atoms with Crippen LogP contribution in [0.1, 0.15) is 19.8 Å². The van der Waals surface area contributed by atoms with Crippen LogP contribution in [0.25, 0.3) is 11.3 Å². The zero-order valence-electron chi connectivity index (χ0n) is 13.3. The topological polar surface area (TPSA) is 86.5 Å². The number of hydrogen-bond donors (Lipinski definition) is 2. The zero-order chi connectivity index (χ0) is 16.2. The van der Waals surface area contributed by atoms with Gasteiger partial charge >= 0.3 is 0 Å². The Balaban J connectivity index is 0.00000208. The van der Waals surface area contributed by atoms with Gasteiger partial charge in [0.25, 0.3) is 0 Å². The van der Waals surface area contributed by atoms with Gasteiger partial charge in [0.2, 0.25) is 5.91 Å². The molecule has 0 radical (unpaired) electrons. The van der Waals surface area contributed by atoms with Crippen LogP contribution in [0.15, 0.2) is 23.6 Å². The molecule has 3 N–H and O–H groups in total. The quantitative estimate of drug-likeness (QED) is 0.845. The maximum absolute atomic E-state index is 11.9. The number of carbonyl (C=O) groups is 1. The summed E-state index contributed by atoms with van der Waals surface area (Å²) in [5, 5.41) is 5.21. The number of halogens is 1. The monoisotopic (exact) mass is 369 g/mol. The third-order valence-corrected chi connectivity index (χ3v) is 4.27. The fourth-order valence-electron chi connectivity index (χ4n) is 2.31. The van der Waals surface area contributed by atoms with Crippen molar-refractivity contribution in [2.75, 3.05) is 18.5 Å². The maximum Gasteiger partial charge on any atom is 0.243 e. The van der Waals surface area contributed by atoms with Gasteiger partial charge in [-0.1, -0.05) is 13.3 Å². The van der Waals surface area contributed by atoms with E-state index in [9.17, 15) is 4.79 Å². The van der Waals surface area contributed by atoms with Gasteiger partial charge in [-0.2, -0.15) is 0 Å². The van der Waals surface area contributed by atoms with Gasteiger partial charge in [0.1, 0.15) is 13.2 Å². The predicted molar refractivity (Wildman–Crippen MR) is 97.3 cm³/mol. The summed E-state index contributed by atoms with van der Waals surface area (Å²) in [7, 11) is 0. The minimum absolute atomic E-state index is 0. The molecule has 130 valence electrons. The summed E-state index contributed by atoms with van der Waals surface area (Å²) in [5.74, 6) is 1.27. The van der Waals surface area contributed by atoms with Crippen LogP contribution < -0.4 is 20.5 Å². The van der Waals surface area contributed by atoms with Crippen LogP contribution >= 0.6 is 23.7 Å². The van der Waals surface area contributed by atoms with Gasteiger partial charge in [0.05, 0.1) is 11.7 Å². The lowest BCUT2D eigenvalue weighted by molar-refractivity contribution is -0.117. The van der Waals surface area contributed by atoms with Crippen LogP contribution in [0.2, 0.25) is 0 Å². The van der Waals surface area contributed by atoms with Crippen molar-refractivity contribution in [1.29, 1.82) is 0 Å². The molecular weight excluding hydrogens is 350 g/mol. The summed E-state index contributed by atoms with van der Waals surface area (Å²) in [5.41, 5.74) is 7.51. The molecule has 2 heterocycles. The Hall–Kier alpha value is -1.83. The Morgan fingerprint density at radius 2 is 2.12 bits per heavy atom. The first kappa shape index (κ1) is 18.5. The second kappa shape index (κ2) is 8.32. The van der Waals surface area contributed by atoms with E-state index in [0.717, 1.165) is 29.2 Å². The molecule has 1 amide bonds. The SMILES string of the molecule is CCCC(N)C(=O)Nc1nc(-c2ccc3c(c2)OCCO3)cs1.Cl. The summed E-state index contributed by atoms with van der Waals surface area (Å²) >= 11 is 1.37. The minimum Gasteiger partial charge on any atom is -0.486 e. The lowest BCUT2D eigenvalue weighted by atomic mass is 10.1. The van der Waals surface area contributed by atoms with Gasteiger partial charge in [-0.15, -0.1) is 23.7 Å². The van der Waals surface area contributed by atoms with E-state index in [-0.39, 0.29) is 18.3 Å². The lowest BCUT2D eigenvalue weighted by Crippen LogP contribution is -2.35. The van der Waals surface area contributed by atoms with Crippen molar-refractivity contribution < 1.29 is 14.3 Å². The highest BCUT2D eigenvalue weighted by atomic mass is 35.5. The number of ether oxygens (including phenoxy) is 2. The number of benzene rings is 1. The van der Waals surface area contributed by atoms with E-state index in [4.69, 9.17) is 15.2 Å². The van der Waals surface area contributed by atoms with Crippen molar-refractivity contribution in [3.8, 4) is 22.8 Å². The van der Waals surface area contributed by atoms with Crippen LogP contribution in [-0.4, -0.2) is 30.1 Å². The van der Waals surface area contributed by atoms with Crippen molar-refractivity contribution >= 4 is 34.8 Å². The van der Waals surface area contributed by atoms with E-state index < -0.39 is 6.04 Å². The molecule has 1 aliphatic heterocycles. The van der Waals surface area contributed by atoms with Crippen molar-refractivity contribution in [2.24, 2.45) is 5.73 Å². The van der Waals surface area contributed by atoms with Crippen molar-refractivity contribution in [3.05, 3.63) is 23.6 Å². The summed E-state index contributed by atoms with van der Waals surface area (Å²) < 4.78 is 11.1. The second-order valence-corrected chi connectivity index (χ2v) is 6.14. The predicted octanol–water partition coefficient (Wildman–Crippen LogP) is 3.07. The first-order chi connectivity index (χ1) is 11.2. The average Bonchev–Trinajstić information content (AvgIpc) is 3.03. The van der Waals surface area contributed by atoms with Gasteiger partial charge in [-0.05, 0) is 24.6 Å². The number of rotatable bonds is 5. The van der Waals surface area contributed by atoms with Gasteiger partial charge in [-0.25, -0.2) is 4.98 Å². The third kappa shape index (κ3) is 4.17. The first-order valence-electron chi connectivity index (χ1n) is 7.59. The highest BCUT2D eigenvalue weighted by Crippen LogP contribution is 2.35. The number of aromatic nitrogens is 1. The molecule has 0 bridgehead atoms. The summed E-state index contributed by atoms with van der Waals surface area (Å²) in [6, 6.07) is 5.20. The van der Waals surface area contributed by atoms with Crippen molar-refractivity contribution in [3.63, 3.8) is 0 Å². The van der Waals surface area contributed by atoms with E-state index in [1.54, 1.807) is 0 Å². The van der Waals surface area contributed by atoms with E-state index >= 15 is 0 Å². The number of anilines is 1. The van der Waals surface area contributed by atoms with E-state index in [1.165, 1.54) is 11.3 Å². The number of nitrogens with two attached hydrogens (primary N) is 1. The Morgan fingerprint density at radius 1 is 1.38 bits per heavy atom. The molecule has 0 spiro atoms. The number of fused-ring (bicyclic) bond motifs is 1. The number of thiazole rings is 1. The second-order valence-electron chi connectivity index (χ2n) is 5.28. The Labute approximate surface area is 150 Å². The molecule has 1 aliphatic rings. The lowest BCUT2D eigenvalue weighted by Gasteiger charge is -2.18. The van der Waals surface area contributed by atoms with Crippen molar-refractivity contribution in [2.45, 2.75) is 25.8 Å². The molecule has 6 nitrogen and oxygen atoms in total. The fourth-order valence-corrected chi connectivity index (χ4v) is 3.03. The van der Waals surface area contributed by atoms with Crippen LogP contribution in [0.3, 0.4) is 0 Å². The summed E-state index contributed by atoms with van der Waals surface area (Å²) in [6.07, 6.45) is 1.53. The van der Waals surface area contributed by atoms with Gasteiger partial charge in [0.15, 0.2) is 16.6 Å². The molecule has 0 fully saturated rings. The molecule has 1 unspecified atom stereocenters.